The van der Waals surface area contributed by atoms with E-state index in [1.807, 2.05) is 51.1 Å². The zero-order valence-electron chi connectivity index (χ0n) is 9.44. The Kier molecular flexibility index (Phi) is 3.49. The van der Waals surface area contributed by atoms with Gasteiger partial charge in [0.1, 0.15) is 0 Å². The number of hydrogen-bond acceptors (Lipinski definition) is 2. The van der Waals surface area contributed by atoms with Gasteiger partial charge in [-0.1, -0.05) is 57.2 Å². The molecule has 0 aromatic heterocycles. The van der Waals surface area contributed by atoms with Crippen molar-refractivity contribution < 1.29 is 9.59 Å². The molecule has 2 nitrogen and oxygen atoms in total. The number of benzene rings is 1. The second kappa shape index (κ2) is 4.31. The van der Waals surface area contributed by atoms with E-state index in [2.05, 4.69) is 0 Å². The van der Waals surface area contributed by atoms with E-state index in [1.165, 1.54) is 0 Å². The molecule has 1 aromatic rings. The maximum absolute atomic E-state index is 9.92. The summed E-state index contributed by atoms with van der Waals surface area (Å²) >= 11 is 0. The third-order valence-corrected chi connectivity index (χ3v) is 5.25. The molecule has 0 heterocycles. The van der Waals surface area contributed by atoms with Crippen LogP contribution in [0.1, 0.15) is 26.3 Å². The fraction of sp³-hybridized carbons (Fsp3) is 0.333. The summed E-state index contributed by atoms with van der Waals surface area (Å²) in [7, 11) is -3.27. The van der Waals surface area contributed by atoms with Crippen molar-refractivity contribution in [3.8, 4) is 0 Å². The third-order valence-electron chi connectivity index (χ3n) is 2.41. The van der Waals surface area contributed by atoms with Crippen molar-refractivity contribution in [1.29, 1.82) is 0 Å². The van der Waals surface area contributed by atoms with Crippen LogP contribution in [-0.4, -0.2) is 18.2 Å². The van der Waals surface area contributed by atoms with Gasteiger partial charge in [0.15, 0.2) is 0 Å². The first kappa shape index (κ1) is 12.2. The Labute approximate surface area is 92.1 Å². The number of rotatable bonds is 2. The first-order valence-corrected chi connectivity index (χ1v) is 6.99. The summed E-state index contributed by atoms with van der Waals surface area (Å²) in [5, 5.41) is -0.460. The van der Waals surface area contributed by atoms with Crippen LogP contribution in [0.5, 0.6) is 0 Å². The molecule has 1 aromatic carbocycles. The van der Waals surface area contributed by atoms with E-state index >= 15 is 0 Å². The molecule has 3 heteroatoms. The van der Waals surface area contributed by atoms with Gasteiger partial charge in [-0.2, -0.15) is 0 Å². The Morgan fingerprint density at radius 1 is 1.07 bits per heavy atom. The van der Waals surface area contributed by atoms with Gasteiger partial charge in [-0.05, 0) is 11.3 Å². The maximum atomic E-state index is 9.92. The van der Waals surface area contributed by atoms with Gasteiger partial charge in [0.25, 0.3) is 0 Å². The van der Waals surface area contributed by atoms with E-state index in [4.69, 9.17) is 0 Å². The lowest BCUT2D eigenvalue weighted by Crippen LogP contribution is -2.42. The molecule has 0 amide bonds. The predicted molar refractivity (Wildman–Crippen MR) is 65.4 cm³/mol. The molecular weight excluding hydrogens is 204 g/mol. The van der Waals surface area contributed by atoms with Crippen molar-refractivity contribution in [3.63, 3.8) is 0 Å². The molecule has 15 heavy (non-hydrogen) atoms. The first-order chi connectivity index (χ1) is 6.83. The second-order valence-corrected chi connectivity index (χ2v) is 8.01. The predicted octanol–water partition coefficient (Wildman–Crippen LogP) is 2.47. The lowest BCUT2D eigenvalue weighted by Gasteiger charge is -2.28. The van der Waals surface area contributed by atoms with E-state index in [9.17, 15) is 9.59 Å². The molecule has 82 valence electrons. The molecule has 0 fully saturated rings. The fourth-order valence-electron chi connectivity index (χ4n) is 1.03. The molecule has 0 spiro atoms. The van der Waals surface area contributed by atoms with Crippen LogP contribution in [0.15, 0.2) is 36.0 Å². The molecular formula is C12H18O2Si. The summed E-state index contributed by atoms with van der Waals surface area (Å²) in [6.45, 7) is 5.53. The van der Waals surface area contributed by atoms with Crippen molar-refractivity contribution in [2.75, 3.05) is 0 Å². The van der Waals surface area contributed by atoms with Gasteiger partial charge in [-0.3, -0.25) is 0 Å². The minimum absolute atomic E-state index is 0.460. The fourth-order valence-corrected chi connectivity index (χ4v) is 1.95. The molecule has 0 radical (unpaired) electrons. The largest absolute Gasteiger partial charge is 0.407 e. The normalized spacial score (nSPS) is 13.4. The SMILES string of the molecule is CC(C)(C)[Si](O)(O)C=Cc1ccccc1. The van der Waals surface area contributed by atoms with Gasteiger partial charge in [-0.15, -0.1) is 0 Å². The van der Waals surface area contributed by atoms with E-state index in [0.29, 0.717) is 0 Å². The molecule has 0 atom stereocenters. The Hall–Kier alpha value is -0.903. The van der Waals surface area contributed by atoms with Crippen LogP contribution < -0.4 is 0 Å². The zero-order valence-corrected chi connectivity index (χ0v) is 10.4. The molecule has 0 aliphatic heterocycles. The highest BCUT2D eigenvalue weighted by Crippen LogP contribution is 2.33. The standard InChI is InChI=1S/C12H18O2Si/c1-12(2,3)15(13,14)10-9-11-7-5-4-6-8-11/h4-10,13-14H,1-3H3. The van der Waals surface area contributed by atoms with Crippen molar-refractivity contribution in [2.24, 2.45) is 0 Å². The van der Waals surface area contributed by atoms with Crippen LogP contribution in [-0.2, 0) is 0 Å². The Morgan fingerprint density at radius 3 is 2.07 bits per heavy atom. The second-order valence-electron chi connectivity index (χ2n) is 4.72. The summed E-state index contributed by atoms with van der Waals surface area (Å²) < 4.78 is 0. The average Bonchev–Trinajstić information content (AvgIpc) is 2.15. The van der Waals surface area contributed by atoms with Crippen LogP contribution in [0.3, 0.4) is 0 Å². The summed E-state index contributed by atoms with van der Waals surface area (Å²) in [4.78, 5) is 19.8. The smallest absolute Gasteiger partial charge is 0.365 e. The summed E-state index contributed by atoms with van der Waals surface area (Å²) in [5.41, 5.74) is 2.55. The molecule has 0 saturated heterocycles. The highest BCUT2D eigenvalue weighted by molar-refractivity contribution is 6.73. The summed E-state index contributed by atoms with van der Waals surface area (Å²) in [5.74, 6) is 0. The first-order valence-electron chi connectivity index (χ1n) is 5.02. The lowest BCUT2D eigenvalue weighted by molar-refractivity contribution is 0.334. The Bertz CT molecular complexity index is 336. The van der Waals surface area contributed by atoms with Crippen molar-refractivity contribution in [3.05, 3.63) is 41.6 Å². The summed E-state index contributed by atoms with van der Waals surface area (Å²) in [6, 6.07) is 9.65. The van der Waals surface area contributed by atoms with E-state index < -0.39 is 13.6 Å². The van der Waals surface area contributed by atoms with E-state index in [0.717, 1.165) is 5.56 Å². The molecule has 0 saturated carbocycles. The Morgan fingerprint density at radius 2 is 1.60 bits per heavy atom. The third kappa shape index (κ3) is 3.30. The van der Waals surface area contributed by atoms with E-state index in [-0.39, 0.29) is 0 Å². The molecule has 1 rings (SSSR count). The highest BCUT2D eigenvalue weighted by Gasteiger charge is 2.40. The molecule has 0 aliphatic carbocycles. The zero-order chi connectivity index (χ0) is 11.5. The van der Waals surface area contributed by atoms with E-state index in [1.54, 1.807) is 11.8 Å². The van der Waals surface area contributed by atoms with Crippen molar-refractivity contribution >= 4 is 14.6 Å². The molecule has 0 bridgehead atoms. The average molecular weight is 222 g/mol. The van der Waals surface area contributed by atoms with Gasteiger partial charge in [0.2, 0.25) is 0 Å². The van der Waals surface area contributed by atoms with Gasteiger partial charge < -0.3 is 9.59 Å². The van der Waals surface area contributed by atoms with Crippen LogP contribution in [0.2, 0.25) is 5.04 Å². The van der Waals surface area contributed by atoms with Crippen molar-refractivity contribution in [1.82, 2.24) is 0 Å². The highest BCUT2D eigenvalue weighted by atomic mass is 28.4. The topological polar surface area (TPSA) is 40.5 Å². The monoisotopic (exact) mass is 222 g/mol. The van der Waals surface area contributed by atoms with Gasteiger partial charge in [0.05, 0.1) is 0 Å². The van der Waals surface area contributed by atoms with Crippen LogP contribution in [0.4, 0.5) is 0 Å². The lowest BCUT2D eigenvalue weighted by atomic mass is 10.2. The Balaban J connectivity index is 2.83. The van der Waals surface area contributed by atoms with Gasteiger partial charge >= 0.3 is 8.56 Å². The molecule has 0 unspecified atom stereocenters. The maximum Gasteiger partial charge on any atom is 0.365 e. The molecule has 2 N–H and O–H groups in total. The molecule has 0 aliphatic rings. The minimum atomic E-state index is -3.27. The van der Waals surface area contributed by atoms with Crippen molar-refractivity contribution in [2.45, 2.75) is 25.8 Å². The quantitative estimate of drug-likeness (QED) is 0.755. The summed E-state index contributed by atoms with van der Waals surface area (Å²) in [6.07, 6.45) is 1.78. The van der Waals surface area contributed by atoms with Gasteiger partial charge in [-0.25, -0.2) is 0 Å². The van der Waals surface area contributed by atoms with Crippen LogP contribution in [0, 0.1) is 0 Å². The number of hydrogen-bond donors (Lipinski definition) is 2. The minimum Gasteiger partial charge on any atom is -0.407 e. The van der Waals surface area contributed by atoms with Crippen LogP contribution >= 0.6 is 0 Å². The van der Waals surface area contributed by atoms with Crippen LogP contribution in [0.25, 0.3) is 6.08 Å². The van der Waals surface area contributed by atoms with Gasteiger partial charge in [0, 0.05) is 5.04 Å².